The van der Waals surface area contributed by atoms with Crippen molar-refractivity contribution in [2.75, 3.05) is 19.7 Å². The van der Waals surface area contributed by atoms with Crippen LogP contribution >= 0.6 is 0 Å². The summed E-state index contributed by atoms with van der Waals surface area (Å²) in [6, 6.07) is 20.2. The monoisotopic (exact) mass is 355 g/mol. The van der Waals surface area contributed by atoms with E-state index in [0.717, 1.165) is 11.1 Å². The topological polar surface area (TPSA) is 49.8 Å². The quantitative estimate of drug-likeness (QED) is 0.732. The number of benzene rings is 2. The van der Waals surface area contributed by atoms with Crippen molar-refractivity contribution < 1.29 is 14.6 Å². The van der Waals surface area contributed by atoms with Crippen molar-refractivity contribution in [1.29, 1.82) is 0 Å². The number of carbonyl (C=O) groups is 1. The Labute approximate surface area is 156 Å². The first kappa shape index (κ1) is 20.1. The summed E-state index contributed by atoms with van der Waals surface area (Å²) in [4.78, 5) is 14.6. The number of carbonyl (C=O) groups excluding carboxylic acids is 1. The van der Waals surface area contributed by atoms with Gasteiger partial charge in [0.15, 0.2) is 0 Å². The molecule has 1 N–H and O–H groups in total. The first-order valence-electron chi connectivity index (χ1n) is 9.07. The van der Waals surface area contributed by atoms with Gasteiger partial charge in [-0.3, -0.25) is 9.69 Å². The molecule has 0 aliphatic rings. The molecule has 0 atom stereocenters. The van der Waals surface area contributed by atoms with Crippen LogP contribution in [0.2, 0.25) is 0 Å². The van der Waals surface area contributed by atoms with Gasteiger partial charge in [-0.2, -0.15) is 0 Å². The lowest BCUT2D eigenvalue weighted by atomic mass is 9.96. The molecule has 2 aromatic carbocycles. The molecule has 0 radical (unpaired) electrons. The fourth-order valence-corrected chi connectivity index (χ4v) is 3.00. The van der Waals surface area contributed by atoms with E-state index in [0.29, 0.717) is 13.0 Å². The number of ether oxygens (including phenoxy) is 1. The van der Waals surface area contributed by atoms with Gasteiger partial charge in [-0.15, -0.1) is 0 Å². The first-order chi connectivity index (χ1) is 12.4. The van der Waals surface area contributed by atoms with Crippen LogP contribution in [0.3, 0.4) is 0 Å². The van der Waals surface area contributed by atoms with Crippen LogP contribution in [0.4, 0.5) is 0 Å². The Balaban J connectivity index is 2.33. The second-order valence-electron chi connectivity index (χ2n) is 7.36. The predicted molar refractivity (Wildman–Crippen MR) is 104 cm³/mol. The van der Waals surface area contributed by atoms with Crippen LogP contribution in [0.1, 0.15) is 44.4 Å². The molecule has 0 aliphatic heterocycles. The molecule has 0 spiro atoms. The summed E-state index contributed by atoms with van der Waals surface area (Å²) in [5, 5.41) is 9.32. The SMILES string of the molecule is CC(C)(C)OC(=O)CN(CCCO)C(c1ccccc1)c1ccccc1. The molecule has 0 fully saturated rings. The minimum atomic E-state index is -0.519. The molecule has 140 valence electrons. The Morgan fingerprint density at radius 2 is 1.50 bits per heavy atom. The van der Waals surface area contributed by atoms with Gasteiger partial charge in [0.25, 0.3) is 0 Å². The van der Waals surface area contributed by atoms with Crippen LogP contribution in [0.25, 0.3) is 0 Å². The summed E-state index contributed by atoms with van der Waals surface area (Å²) in [6.07, 6.45) is 0.596. The Bertz CT molecular complexity index is 625. The smallest absolute Gasteiger partial charge is 0.320 e. The van der Waals surface area contributed by atoms with Crippen molar-refractivity contribution in [2.24, 2.45) is 0 Å². The molecule has 0 saturated heterocycles. The lowest BCUT2D eigenvalue weighted by molar-refractivity contribution is -0.156. The van der Waals surface area contributed by atoms with Crippen molar-refractivity contribution in [3.05, 3.63) is 71.8 Å². The average Bonchev–Trinajstić information content (AvgIpc) is 2.60. The van der Waals surface area contributed by atoms with Crippen LogP contribution in [0.15, 0.2) is 60.7 Å². The molecule has 4 heteroatoms. The molecule has 2 rings (SSSR count). The van der Waals surface area contributed by atoms with Crippen LogP contribution in [-0.2, 0) is 9.53 Å². The molecule has 26 heavy (non-hydrogen) atoms. The van der Waals surface area contributed by atoms with Crippen molar-refractivity contribution in [2.45, 2.75) is 38.8 Å². The summed E-state index contributed by atoms with van der Waals surface area (Å²) >= 11 is 0. The molecular formula is C22H29NO3. The van der Waals surface area contributed by atoms with Crippen LogP contribution in [0, 0.1) is 0 Å². The fourth-order valence-electron chi connectivity index (χ4n) is 3.00. The maximum atomic E-state index is 12.5. The molecule has 0 unspecified atom stereocenters. The number of rotatable bonds is 8. The molecule has 0 amide bonds. The first-order valence-corrected chi connectivity index (χ1v) is 9.07. The van der Waals surface area contributed by atoms with Gasteiger partial charge in [-0.05, 0) is 38.3 Å². The van der Waals surface area contributed by atoms with Crippen molar-refractivity contribution in [3.8, 4) is 0 Å². The largest absolute Gasteiger partial charge is 0.459 e. The van der Waals surface area contributed by atoms with E-state index in [9.17, 15) is 9.90 Å². The van der Waals surface area contributed by atoms with Gasteiger partial charge in [0.05, 0.1) is 12.6 Å². The summed E-state index contributed by atoms with van der Waals surface area (Å²) in [5.74, 6) is -0.257. The fraction of sp³-hybridized carbons (Fsp3) is 0.409. The van der Waals surface area contributed by atoms with Gasteiger partial charge in [0.1, 0.15) is 5.60 Å². The summed E-state index contributed by atoms with van der Waals surface area (Å²) in [7, 11) is 0. The maximum Gasteiger partial charge on any atom is 0.320 e. The number of aliphatic hydroxyl groups is 1. The molecule has 0 saturated carbocycles. The number of nitrogens with zero attached hydrogens (tertiary/aromatic N) is 1. The molecule has 4 nitrogen and oxygen atoms in total. The van der Waals surface area contributed by atoms with Gasteiger partial charge >= 0.3 is 5.97 Å². The second-order valence-corrected chi connectivity index (χ2v) is 7.36. The standard InChI is InChI=1S/C22H29NO3/c1-22(2,3)26-20(25)17-23(15-10-16-24)21(18-11-6-4-7-12-18)19-13-8-5-9-14-19/h4-9,11-14,21,24H,10,15-17H2,1-3H3. The highest BCUT2D eigenvalue weighted by molar-refractivity contribution is 5.72. The highest BCUT2D eigenvalue weighted by atomic mass is 16.6. The lowest BCUT2D eigenvalue weighted by Gasteiger charge is -2.32. The Morgan fingerprint density at radius 1 is 1.00 bits per heavy atom. The highest BCUT2D eigenvalue weighted by Crippen LogP contribution is 2.29. The Morgan fingerprint density at radius 3 is 1.92 bits per heavy atom. The van der Waals surface area contributed by atoms with E-state index in [2.05, 4.69) is 29.2 Å². The van der Waals surface area contributed by atoms with E-state index >= 15 is 0 Å². The van der Waals surface area contributed by atoms with Gasteiger partial charge < -0.3 is 9.84 Å². The predicted octanol–water partition coefficient (Wildman–Crippen LogP) is 3.80. The molecule has 2 aromatic rings. The van der Waals surface area contributed by atoms with Crippen LogP contribution in [-0.4, -0.2) is 41.3 Å². The van der Waals surface area contributed by atoms with Crippen LogP contribution < -0.4 is 0 Å². The minimum Gasteiger partial charge on any atom is -0.459 e. The zero-order chi connectivity index (χ0) is 19.0. The number of aliphatic hydroxyl groups excluding tert-OH is 1. The van der Waals surface area contributed by atoms with Crippen molar-refractivity contribution >= 4 is 5.97 Å². The van der Waals surface area contributed by atoms with E-state index < -0.39 is 5.60 Å². The maximum absolute atomic E-state index is 12.5. The van der Waals surface area contributed by atoms with E-state index in [1.54, 1.807) is 0 Å². The zero-order valence-corrected chi connectivity index (χ0v) is 15.9. The minimum absolute atomic E-state index is 0.0727. The Kier molecular flexibility index (Phi) is 7.37. The van der Waals surface area contributed by atoms with Gasteiger partial charge in [-0.25, -0.2) is 0 Å². The van der Waals surface area contributed by atoms with E-state index in [1.165, 1.54) is 0 Å². The lowest BCUT2D eigenvalue weighted by Crippen LogP contribution is -2.38. The zero-order valence-electron chi connectivity index (χ0n) is 15.9. The normalized spacial score (nSPS) is 11.8. The third-order valence-corrected chi connectivity index (χ3v) is 3.95. The van der Waals surface area contributed by atoms with Gasteiger partial charge in [0.2, 0.25) is 0 Å². The molecule has 0 heterocycles. The van der Waals surface area contributed by atoms with Gasteiger partial charge in [0, 0.05) is 13.2 Å². The van der Waals surface area contributed by atoms with Crippen LogP contribution in [0.5, 0.6) is 0 Å². The number of hydrogen-bond donors (Lipinski definition) is 1. The summed E-state index contributed by atoms with van der Waals surface area (Å²) in [5.41, 5.74) is 1.70. The van der Waals surface area contributed by atoms with E-state index in [1.807, 2.05) is 57.2 Å². The van der Waals surface area contributed by atoms with E-state index in [-0.39, 0.29) is 25.2 Å². The van der Waals surface area contributed by atoms with Crippen molar-refractivity contribution in [3.63, 3.8) is 0 Å². The van der Waals surface area contributed by atoms with E-state index in [4.69, 9.17) is 4.74 Å². The summed E-state index contributed by atoms with van der Waals surface area (Å²) < 4.78 is 5.53. The third kappa shape index (κ3) is 6.28. The second kappa shape index (κ2) is 9.51. The molecular weight excluding hydrogens is 326 g/mol. The molecule has 0 aromatic heterocycles. The van der Waals surface area contributed by atoms with Crippen molar-refractivity contribution in [1.82, 2.24) is 4.90 Å². The molecule has 0 aliphatic carbocycles. The average molecular weight is 355 g/mol. The Hall–Kier alpha value is -2.17. The van der Waals surface area contributed by atoms with Gasteiger partial charge in [-0.1, -0.05) is 60.7 Å². The summed E-state index contributed by atoms with van der Waals surface area (Å²) in [6.45, 7) is 6.47. The number of esters is 1. The third-order valence-electron chi connectivity index (χ3n) is 3.95. The molecule has 0 bridgehead atoms. The highest BCUT2D eigenvalue weighted by Gasteiger charge is 2.26. The number of hydrogen-bond acceptors (Lipinski definition) is 4.